The molecule has 0 aliphatic carbocycles. The van der Waals surface area contributed by atoms with E-state index in [-0.39, 0.29) is 12.4 Å². The van der Waals surface area contributed by atoms with E-state index in [4.69, 9.17) is 4.74 Å². The molecular formula is C18H17ClN3O-. The Balaban J connectivity index is 0.00000192. The number of hydrogen-bond donors (Lipinski definition) is 1. The number of methoxy groups -OCH3 is 1. The van der Waals surface area contributed by atoms with Crippen LogP contribution in [0.25, 0.3) is 11.3 Å². The van der Waals surface area contributed by atoms with Gasteiger partial charge < -0.3 is 22.5 Å². The lowest BCUT2D eigenvalue weighted by molar-refractivity contribution is -0.00000501. The molecule has 1 N–H and O–H groups in total. The van der Waals surface area contributed by atoms with Crippen LogP contribution in [0.1, 0.15) is 5.82 Å². The van der Waals surface area contributed by atoms with Gasteiger partial charge in [0.15, 0.2) is 0 Å². The molecule has 0 spiro atoms. The van der Waals surface area contributed by atoms with Crippen molar-refractivity contribution in [1.82, 2.24) is 9.97 Å². The smallest absolute Gasteiger partial charge is 0.134 e. The van der Waals surface area contributed by atoms with E-state index in [1.165, 1.54) is 0 Å². The zero-order valence-electron chi connectivity index (χ0n) is 13.0. The van der Waals surface area contributed by atoms with Crippen LogP contribution < -0.4 is 22.5 Å². The van der Waals surface area contributed by atoms with E-state index in [2.05, 4.69) is 15.3 Å². The van der Waals surface area contributed by atoms with E-state index in [0.717, 1.165) is 34.3 Å². The lowest BCUT2D eigenvalue weighted by Gasteiger charge is -2.10. The Hall–Kier alpha value is -2.59. The van der Waals surface area contributed by atoms with Crippen molar-refractivity contribution >= 4 is 11.5 Å². The molecule has 1 heterocycles. The Morgan fingerprint density at radius 3 is 2.43 bits per heavy atom. The Bertz CT molecular complexity index is 778. The van der Waals surface area contributed by atoms with Crippen molar-refractivity contribution in [1.29, 1.82) is 0 Å². The van der Waals surface area contributed by atoms with E-state index < -0.39 is 0 Å². The van der Waals surface area contributed by atoms with Gasteiger partial charge in [0.1, 0.15) is 17.4 Å². The van der Waals surface area contributed by atoms with Crippen LogP contribution >= 0.6 is 0 Å². The van der Waals surface area contributed by atoms with Crippen LogP contribution in [-0.2, 0) is 0 Å². The molecule has 0 aliphatic heterocycles. The number of ether oxygens (including phenoxy) is 1. The molecule has 3 rings (SSSR count). The fraction of sp³-hybridized carbons (Fsp3) is 0.111. The van der Waals surface area contributed by atoms with Crippen molar-refractivity contribution < 1.29 is 17.1 Å². The highest BCUT2D eigenvalue weighted by molar-refractivity contribution is 5.66. The lowest BCUT2D eigenvalue weighted by Crippen LogP contribution is -3.00. The maximum Gasteiger partial charge on any atom is 0.134 e. The SMILES string of the molecule is COc1cccc(Nc2cc(-c3ccccc3)nc(C)n2)c1.[Cl-]. The van der Waals surface area contributed by atoms with E-state index in [9.17, 15) is 0 Å². The van der Waals surface area contributed by atoms with Gasteiger partial charge in [-0.15, -0.1) is 0 Å². The molecule has 0 saturated heterocycles. The summed E-state index contributed by atoms with van der Waals surface area (Å²) >= 11 is 0. The van der Waals surface area contributed by atoms with E-state index in [0.29, 0.717) is 0 Å². The second-order valence-electron chi connectivity index (χ2n) is 4.91. The van der Waals surface area contributed by atoms with Gasteiger partial charge in [-0.2, -0.15) is 0 Å². The summed E-state index contributed by atoms with van der Waals surface area (Å²) in [4.78, 5) is 8.95. The van der Waals surface area contributed by atoms with Crippen LogP contribution in [0.2, 0.25) is 0 Å². The summed E-state index contributed by atoms with van der Waals surface area (Å²) in [5.74, 6) is 2.30. The first-order chi connectivity index (χ1) is 10.7. The molecule has 5 heteroatoms. The number of benzene rings is 2. The summed E-state index contributed by atoms with van der Waals surface area (Å²) in [7, 11) is 1.65. The average molecular weight is 327 g/mol. The molecule has 0 saturated carbocycles. The van der Waals surface area contributed by atoms with Gasteiger partial charge in [-0.25, -0.2) is 9.97 Å². The van der Waals surface area contributed by atoms with Gasteiger partial charge in [0.2, 0.25) is 0 Å². The van der Waals surface area contributed by atoms with Gasteiger partial charge in [-0.1, -0.05) is 36.4 Å². The number of hydrogen-bond acceptors (Lipinski definition) is 4. The highest BCUT2D eigenvalue weighted by Gasteiger charge is 2.05. The van der Waals surface area contributed by atoms with Gasteiger partial charge >= 0.3 is 0 Å². The summed E-state index contributed by atoms with van der Waals surface area (Å²) < 4.78 is 5.24. The Labute approximate surface area is 142 Å². The molecule has 118 valence electrons. The third-order valence-corrected chi connectivity index (χ3v) is 3.25. The quantitative estimate of drug-likeness (QED) is 0.783. The molecule has 23 heavy (non-hydrogen) atoms. The lowest BCUT2D eigenvalue weighted by atomic mass is 10.1. The first-order valence-electron chi connectivity index (χ1n) is 7.07. The second-order valence-corrected chi connectivity index (χ2v) is 4.91. The summed E-state index contributed by atoms with van der Waals surface area (Å²) in [5, 5.41) is 3.30. The molecule has 4 nitrogen and oxygen atoms in total. The molecule has 0 amide bonds. The van der Waals surface area contributed by atoms with Gasteiger partial charge in [0, 0.05) is 23.4 Å². The van der Waals surface area contributed by atoms with Crippen molar-refractivity contribution in [2.24, 2.45) is 0 Å². The van der Waals surface area contributed by atoms with Crippen LogP contribution in [0.4, 0.5) is 11.5 Å². The molecule has 0 aliphatic rings. The first kappa shape index (κ1) is 16.8. The van der Waals surface area contributed by atoms with Crippen molar-refractivity contribution in [2.45, 2.75) is 6.92 Å². The molecule has 0 bridgehead atoms. The number of anilines is 2. The van der Waals surface area contributed by atoms with Crippen molar-refractivity contribution in [3.8, 4) is 17.0 Å². The first-order valence-corrected chi connectivity index (χ1v) is 7.07. The fourth-order valence-electron chi connectivity index (χ4n) is 2.24. The minimum Gasteiger partial charge on any atom is -1.00 e. The fourth-order valence-corrected chi connectivity index (χ4v) is 2.24. The molecule has 0 fully saturated rings. The van der Waals surface area contributed by atoms with Gasteiger partial charge in [-0.05, 0) is 19.1 Å². The Morgan fingerprint density at radius 1 is 0.913 bits per heavy atom. The number of halogens is 1. The van der Waals surface area contributed by atoms with Crippen LogP contribution in [-0.4, -0.2) is 17.1 Å². The topological polar surface area (TPSA) is 47.0 Å². The minimum atomic E-state index is 0. The number of nitrogens with one attached hydrogen (secondary N) is 1. The number of aryl methyl sites for hydroxylation is 1. The number of aromatic nitrogens is 2. The van der Waals surface area contributed by atoms with Crippen LogP contribution in [0.5, 0.6) is 5.75 Å². The average Bonchev–Trinajstić information content (AvgIpc) is 2.55. The molecule has 0 unspecified atom stereocenters. The summed E-state index contributed by atoms with van der Waals surface area (Å²) in [6.45, 7) is 1.89. The third kappa shape index (κ3) is 4.20. The van der Waals surface area contributed by atoms with Crippen molar-refractivity contribution in [3.63, 3.8) is 0 Å². The van der Waals surface area contributed by atoms with Gasteiger partial charge in [0.05, 0.1) is 12.8 Å². The summed E-state index contributed by atoms with van der Waals surface area (Å²) in [6, 6.07) is 19.8. The highest BCUT2D eigenvalue weighted by atomic mass is 35.5. The number of rotatable bonds is 4. The van der Waals surface area contributed by atoms with Crippen LogP contribution in [0.15, 0.2) is 60.7 Å². The van der Waals surface area contributed by atoms with Gasteiger partial charge in [0.25, 0.3) is 0 Å². The zero-order chi connectivity index (χ0) is 15.4. The second kappa shape index (κ2) is 7.61. The molecule has 2 aromatic carbocycles. The molecule has 1 aromatic heterocycles. The minimum absolute atomic E-state index is 0. The summed E-state index contributed by atoms with van der Waals surface area (Å²) in [6.07, 6.45) is 0. The third-order valence-electron chi connectivity index (χ3n) is 3.25. The maximum atomic E-state index is 5.24. The summed E-state index contributed by atoms with van der Waals surface area (Å²) in [5.41, 5.74) is 2.90. The predicted molar refractivity (Wildman–Crippen MR) is 88.5 cm³/mol. The van der Waals surface area contributed by atoms with Crippen molar-refractivity contribution in [3.05, 3.63) is 66.5 Å². The molecule has 0 atom stereocenters. The largest absolute Gasteiger partial charge is 1.00 e. The Kier molecular flexibility index (Phi) is 5.55. The highest BCUT2D eigenvalue weighted by Crippen LogP contribution is 2.23. The Morgan fingerprint density at radius 2 is 1.70 bits per heavy atom. The van der Waals surface area contributed by atoms with Crippen molar-refractivity contribution in [2.75, 3.05) is 12.4 Å². The maximum absolute atomic E-state index is 5.24. The van der Waals surface area contributed by atoms with E-state index >= 15 is 0 Å². The monoisotopic (exact) mass is 326 g/mol. The number of nitrogens with zero attached hydrogens (tertiary/aromatic N) is 2. The van der Waals surface area contributed by atoms with Crippen LogP contribution in [0, 0.1) is 6.92 Å². The molecule has 0 radical (unpaired) electrons. The molecule has 3 aromatic rings. The van der Waals surface area contributed by atoms with Gasteiger partial charge in [-0.3, -0.25) is 0 Å². The normalized spacial score (nSPS) is 9.83. The zero-order valence-corrected chi connectivity index (χ0v) is 13.7. The molecular weight excluding hydrogens is 310 g/mol. The standard InChI is InChI=1S/C18H17N3O.ClH/c1-13-19-17(14-7-4-3-5-8-14)12-18(20-13)21-15-9-6-10-16(11-15)22-2;/h3-12H,1-2H3,(H,19,20,21);1H/p-1. The van der Waals surface area contributed by atoms with E-state index in [1.54, 1.807) is 7.11 Å². The predicted octanol–water partition coefficient (Wildman–Crippen LogP) is 1.21. The van der Waals surface area contributed by atoms with E-state index in [1.807, 2.05) is 67.6 Å². The van der Waals surface area contributed by atoms with Crippen LogP contribution in [0.3, 0.4) is 0 Å².